The fourth-order valence-electron chi connectivity index (χ4n) is 1.08. The van der Waals surface area contributed by atoms with Gasteiger partial charge < -0.3 is 4.18 Å². The number of rotatable bonds is 3. The summed E-state index contributed by atoms with van der Waals surface area (Å²) in [5.74, 6) is 0.358. The van der Waals surface area contributed by atoms with Crippen molar-refractivity contribution < 1.29 is 12.6 Å². The Bertz CT molecular complexity index is 576. The summed E-state index contributed by atoms with van der Waals surface area (Å²) >= 11 is 3.17. The van der Waals surface area contributed by atoms with Crippen molar-refractivity contribution in [2.45, 2.75) is 4.21 Å². The molecule has 0 fully saturated rings. The van der Waals surface area contributed by atoms with Gasteiger partial charge in [0.2, 0.25) is 0 Å². The molecule has 1 aromatic carbocycles. The number of thiophene rings is 1. The van der Waals surface area contributed by atoms with E-state index in [1.807, 2.05) is 28.7 Å². The van der Waals surface area contributed by atoms with Crippen LogP contribution in [-0.4, -0.2) is 8.42 Å². The lowest BCUT2D eigenvalue weighted by Crippen LogP contribution is -2.08. The van der Waals surface area contributed by atoms with E-state index in [0.29, 0.717) is 5.75 Å². The Morgan fingerprint density at radius 1 is 1.12 bits per heavy atom. The molecule has 6 heteroatoms. The van der Waals surface area contributed by atoms with Crippen LogP contribution >= 0.6 is 33.9 Å². The first kappa shape index (κ1) is 11.9. The Kier molecular flexibility index (Phi) is 3.50. The molecule has 0 saturated carbocycles. The van der Waals surface area contributed by atoms with Crippen molar-refractivity contribution in [3.8, 4) is 5.75 Å². The molecular weight excluding hydrogens is 359 g/mol. The minimum absolute atomic E-state index is 0.215. The Balaban J connectivity index is 2.33. The van der Waals surface area contributed by atoms with E-state index in [9.17, 15) is 8.42 Å². The van der Waals surface area contributed by atoms with Crippen molar-refractivity contribution in [3.63, 3.8) is 0 Å². The fraction of sp³-hybridized carbons (Fsp3) is 0. The molecule has 2 aromatic rings. The first-order chi connectivity index (χ1) is 7.59. The summed E-state index contributed by atoms with van der Waals surface area (Å²) in [5.41, 5.74) is 0. The van der Waals surface area contributed by atoms with Gasteiger partial charge in [-0.2, -0.15) is 8.42 Å². The lowest BCUT2D eigenvalue weighted by Gasteiger charge is -2.06. The van der Waals surface area contributed by atoms with Gasteiger partial charge in [0.15, 0.2) is 9.96 Å². The van der Waals surface area contributed by atoms with Crippen LogP contribution in [0, 0.1) is 3.57 Å². The SMILES string of the molecule is O=S(=O)(Oc1ccccc1I)c1cccs1. The average Bonchev–Trinajstić information content (AvgIpc) is 2.75. The van der Waals surface area contributed by atoms with Crippen LogP contribution in [-0.2, 0) is 10.1 Å². The third-order valence-electron chi connectivity index (χ3n) is 1.78. The van der Waals surface area contributed by atoms with Gasteiger partial charge in [-0.3, -0.25) is 0 Å². The van der Waals surface area contributed by atoms with Crippen LogP contribution in [0.25, 0.3) is 0 Å². The summed E-state index contributed by atoms with van der Waals surface area (Å²) in [5, 5.41) is 1.70. The van der Waals surface area contributed by atoms with Gasteiger partial charge in [-0.15, -0.1) is 11.3 Å². The summed E-state index contributed by atoms with van der Waals surface area (Å²) in [6.07, 6.45) is 0. The number of halogens is 1. The van der Waals surface area contributed by atoms with Gasteiger partial charge in [0.1, 0.15) is 0 Å². The third-order valence-corrected chi connectivity index (χ3v) is 5.26. The van der Waals surface area contributed by atoms with Crippen LogP contribution in [0.4, 0.5) is 0 Å². The third kappa shape index (κ3) is 2.55. The maximum atomic E-state index is 11.8. The second-order valence-electron chi connectivity index (χ2n) is 2.90. The normalized spacial score (nSPS) is 11.3. The summed E-state index contributed by atoms with van der Waals surface area (Å²) in [6.45, 7) is 0. The molecule has 0 spiro atoms. The second kappa shape index (κ2) is 4.72. The Morgan fingerprint density at radius 3 is 2.50 bits per heavy atom. The highest BCUT2D eigenvalue weighted by Crippen LogP contribution is 2.25. The average molecular weight is 366 g/mol. The summed E-state index contributed by atoms with van der Waals surface area (Å²) in [4.78, 5) is 0. The standard InChI is InChI=1S/C10H7IO3S2/c11-8-4-1-2-5-9(8)14-16(12,13)10-6-3-7-15-10/h1-7H. The number of para-hydroxylation sites is 1. The molecular formula is C10H7IO3S2. The van der Waals surface area contributed by atoms with Crippen LogP contribution in [0.1, 0.15) is 0 Å². The van der Waals surface area contributed by atoms with Crippen molar-refractivity contribution in [2.75, 3.05) is 0 Å². The van der Waals surface area contributed by atoms with Crippen molar-refractivity contribution in [3.05, 3.63) is 45.3 Å². The molecule has 0 N–H and O–H groups in total. The van der Waals surface area contributed by atoms with E-state index >= 15 is 0 Å². The minimum Gasteiger partial charge on any atom is -0.377 e. The highest BCUT2D eigenvalue weighted by molar-refractivity contribution is 14.1. The van der Waals surface area contributed by atoms with Crippen molar-refractivity contribution in [1.29, 1.82) is 0 Å². The Labute approximate surface area is 111 Å². The van der Waals surface area contributed by atoms with Crippen LogP contribution in [0.5, 0.6) is 5.75 Å². The van der Waals surface area contributed by atoms with Gasteiger partial charge in [0, 0.05) is 0 Å². The van der Waals surface area contributed by atoms with E-state index in [1.54, 1.807) is 29.6 Å². The van der Waals surface area contributed by atoms with E-state index in [2.05, 4.69) is 0 Å². The first-order valence-electron chi connectivity index (χ1n) is 4.32. The molecule has 0 saturated heterocycles. The quantitative estimate of drug-likeness (QED) is 0.619. The Hall–Kier alpha value is -0.600. The monoisotopic (exact) mass is 366 g/mol. The van der Waals surface area contributed by atoms with Crippen LogP contribution in [0.15, 0.2) is 46.0 Å². The lowest BCUT2D eigenvalue weighted by molar-refractivity contribution is 0.486. The van der Waals surface area contributed by atoms with Crippen molar-refractivity contribution >= 4 is 44.0 Å². The van der Waals surface area contributed by atoms with Crippen LogP contribution in [0.2, 0.25) is 0 Å². The predicted octanol–water partition coefficient (Wildman–Crippen LogP) is 3.12. The number of hydrogen-bond acceptors (Lipinski definition) is 4. The lowest BCUT2D eigenvalue weighted by atomic mass is 10.3. The van der Waals surface area contributed by atoms with Crippen LogP contribution < -0.4 is 4.18 Å². The molecule has 0 aliphatic rings. The van der Waals surface area contributed by atoms with E-state index in [1.165, 1.54) is 6.07 Å². The number of benzene rings is 1. The maximum absolute atomic E-state index is 11.8. The fourth-order valence-corrected chi connectivity index (χ4v) is 3.62. The molecule has 3 nitrogen and oxygen atoms in total. The van der Waals surface area contributed by atoms with Gasteiger partial charge in [0.25, 0.3) is 0 Å². The van der Waals surface area contributed by atoms with Gasteiger partial charge in [-0.05, 0) is 46.2 Å². The molecule has 0 amide bonds. The molecule has 1 heterocycles. The molecule has 0 aliphatic carbocycles. The largest absolute Gasteiger partial charge is 0.377 e. The van der Waals surface area contributed by atoms with Crippen molar-refractivity contribution in [2.24, 2.45) is 0 Å². The van der Waals surface area contributed by atoms with Crippen molar-refractivity contribution in [1.82, 2.24) is 0 Å². The zero-order valence-electron chi connectivity index (χ0n) is 7.96. The molecule has 2 rings (SSSR count). The number of hydrogen-bond donors (Lipinski definition) is 0. The molecule has 1 aromatic heterocycles. The van der Waals surface area contributed by atoms with E-state index in [4.69, 9.17) is 4.18 Å². The van der Waals surface area contributed by atoms with E-state index < -0.39 is 10.1 Å². The van der Waals surface area contributed by atoms with Gasteiger partial charge >= 0.3 is 10.1 Å². The summed E-state index contributed by atoms with van der Waals surface area (Å²) < 4.78 is 29.6. The van der Waals surface area contributed by atoms with Gasteiger partial charge in [0.05, 0.1) is 3.57 Å². The molecule has 0 atom stereocenters. The highest BCUT2D eigenvalue weighted by atomic mass is 127. The van der Waals surface area contributed by atoms with E-state index in [-0.39, 0.29) is 4.21 Å². The van der Waals surface area contributed by atoms with Crippen LogP contribution in [0.3, 0.4) is 0 Å². The minimum atomic E-state index is -3.68. The van der Waals surface area contributed by atoms with Gasteiger partial charge in [-0.25, -0.2) is 0 Å². The topological polar surface area (TPSA) is 43.4 Å². The molecule has 0 bridgehead atoms. The predicted molar refractivity (Wildman–Crippen MR) is 71.3 cm³/mol. The molecule has 0 unspecified atom stereocenters. The Morgan fingerprint density at radius 2 is 1.88 bits per heavy atom. The molecule has 0 aliphatic heterocycles. The molecule has 16 heavy (non-hydrogen) atoms. The summed E-state index contributed by atoms with van der Waals surface area (Å²) in [7, 11) is -3.68. The summed E-state index contributed by atoms with van der Waals surface area (Å²) in [6, 6.07) is 10.2. The highest BCUT2D eigenvalue weighted by Gasteiger charge is 2.18. The zero-order valence-corrected chi connectivity index (χ0v) is 11.8. The first-order valence-corrected chi connectivity index (χ1v) is 7.69. The second-order valence-corrected chi connectivity index (χ2v) is 6.78. The van der Waals surface area contributed by atoms with Gasteiger partial charge in [-0.1, -0.05) is 18.2 Å². The molecule has 84 valence electrons. The zero-order chi connectivity index (χ0) is 11.6. The maximum Gasteiger partial charge on any atom is 0.348 e. The smallest absolute Gasteiger partial charge is 0.348 e. The van der Waals surface area contributed by atoms with E-state index in [0.717, 1.165) is 14.9 Å². The molecule has 0 radical (unpaired) electrons.